The fourth-order valence-electron chi connectivity index (χ4n) is 2.46. The molecule has 8 heteroatoms. The highest BCUT2D eigenvalue weighted by Gasteiger charge is 2.12. The van der Waals surface area contributed by atoms with E-state index in [1.807, 2.05) is 24.3 Å². The van der Waals surface area contributed by atoms with Crippen LogP contribution in [0.3, 0.4) is 0 Å². The molecule has 2 rings (SSSR count). The van der Waals surface area contributed by atoms with Crippen molar-refractivity contribution >= 4 is 35.5 Å². The van der Waals surface area contributed by atoms with Crippen molar-refractivity contribution in [2.45, 2.75) is 13.8 Å². The van der Waals surface area contributed by atoms with Gasteiger partial charge in [0, 0.05) is 37.8 Å². The molecule has 6 nitrogen and oxygen atoms in total. The van der Waals surface area contributed by atoms with Crippen LogP contribution in [0, 0.1) is 10.1 Å². The van der Waals surface area contributed by atoms with Crippen LogP contribution >= 0.6 is 24.0 Å². The number of nitrogens with zero attached hydrogens (tertiary/aromatic N) is 3. The number of aliphatic imine (C=N–C) groups is 1. The number of rotatable bonds is 6. The van der Waals surface area contributed by atoms with Crippen LogP contribution in [0.15, 0.2) is 47.5 Å². The number of hydrogen-bond donors (Lipinski definition) is 0. The molecule has 0 spiro atoms. The number of nitro groups is 1. The van der Waals surface area contributed by atoms with Crippen molar-refractivity contribution in [1.82, 2.24) is 4.90 Å². The van der Waals surface area contributed by atoms with Crippen molar-refractivity contribution in [1.29, 1.82) is 0 Å². The largest absolute Gasteiger partial charge is 0.456 e. The Labute approximate surface area is 164 Å². The average molecular weight is 398 g/mol. The van der Waals surface area contributed by atoms with E-state index in [1.165, 1.54) is 18.2 Å². The molecule has 0 aliphatic heterocycles. The highest BCUT2D eigenvalue weighted by molar-refractivity contribution is 6.32. The second-order valence-electron chi connectivity index (χ2n) is 5.22. The van der Waals surface area contributed by atoms with Crippen LogP contribution in [0.4, 0.5) is 5.69 Å². The van der Waals surface area contributed by atoms with Crippen LogP contribution in [-0.4, -0.2) is 35.8 Å². The predicted molar refractivity (Wildman–Crippen MR) is 107 cm³/mol. The van der Waals surface area contributed by atoms with E-state index < -0.39 is 4.92 Å². The standard InChI is InChI=1S/C18H20ClN3O3.ClH/c1-4-21(5-2)18(20-3)13-6-9-15(10-7-13)25-17-11-8-14(22(23)24)12-16(17)19;/h6-12H,4-5H2,1-3H3;1H. The molecule has 0 fully saturated rings. The molecular formula is C18H21Cl2N3O3. The van der Waals surface area contributed by atoms with E-state index >= 15 is 0 Å². The summed E-state index contributed by atoms with van der Waals surface area (Å²) in [5.41, 5.74) is 0.920. The van der Waals surface area contributed by atoms with Crippen LogP contribution in [-0.2, 0) is 0 Å². The summed E-state index contributed by atoms with van der Waals surface area (Å²) in [4.78, 5) is 16.8. The Balaban J connectivity index is 0.00000338. The zero-order valence-electron chi connectivity index (χ0n) is 14.8. The molecule has 0 heterocycles. The fourth-order valence-corrected chi connectivity index (χ4v) is 2.67. The zero-order valence-corrected chi connectivity index (χ0v) is 16.4. The molecule has 0 aliphatic rings. The molecule has 140 valence electrons. The highest BCUT2D eigenvalue weighted by atomic mass is 35.5. The summed E-state index contributed by atoms with van der Waals surface area (Å²) < 4.78 is 5.72. The molecule has 0 saturated carbocycles. The van der Waals surface area contributed by atoms with Gasteiger partial charge in [0.1, 0.15) is 17.3 Å². The maximum absolute atomic E-state index is 10.7. The quantitative estimate of drug-likeness (QED) is 0.291. The first-order chi connectivity index (χ1) is 12.0. The number of hydrogen-bond acceptors (Lipinski definition) is 4. The van der Waals surface area contributed by atoms with E-state index in [9.17, 15) is 10.1 Å². The molecule has 0 N–H and O–H groups in total. The lowest BCUT2D eigenvalue weighted by atomic mass is 10.1. The summed E-state index contributed by atoms with van der Waals surface area (Å²) >= 11 is 6.05. The van der Waals surface area contributed by atoms with E-state index in [1.54, 1.807) is 7.05 Å². The first-order valence-corrected chi connectivity index (χ1v) is 8.31. The molecular weight excluding hydrogens is 377 g/mol. The molecule has 26 heavy (non-hydrogen) atoms. The predicted octanol–water partition coefficient (Wildman–Crippen LogP) is 5.18. The van der Waals surface area contributed by atoms with Gasteiger partial charge in [-0.25, -0.2) is 0 Å². The van der Waals surface area contributed by atoms with Crippen molar-refractivity contribution < 1.29 is 9.66 Å². The lowest BCUT2D eigenvalue weighted by Crippen LogP contribution is -2.31. The van der Waals surface area contributed by atoms with Crippen LogP contribution in [0.2, 0.25) is 5.02 Å². The third kappa shape index (κ3) is 5.09. The summed E-state index contributed by atoms with van der Waals surface area (Å²) in [7, 11) is 1.77. The molecule has 0 aromatic heterocycles. The Bertz CT molecular complexity index is 776. The first-order valence-electron chi connectivity index (χ1n) is 7.94. The monoisotopic (exact) mass is 397 g/mol. The number of non-ortho nitro benzene ring substituents is 1. The van der Waals surface area contributed by atoms with Gasteiger partial charge in [0.15, 0.2) is 0 Å². The SMILES string of the molecule is CCN(CC)C(=NC)c1ccc(Oc2ccc([N+](=O)[O-])cc2Cl)cc1.Cl. The molecule has 0 amide bonds. The van der Waals surface area contributed by atoms with Crippen molar-refractivity contribution in [3.8, 4) is 11.5 Å². The maximum Gasteiger partial charge on any atom is 0.271 e. The minimum Gasteiger partial charge on any atom is -0.456 e. The Morgan fingerprint density at radius 1 is 1.19 bits per heavy atom. The first kappa shape index (κ1) is 21.7. The van der Waals surface area contributed by atoms with E-state index in [4.69, 9.17) is 16.3 Å². The Kier molecular flexibility index (Phi) is 8.35. The third-order valence-corrected chi connectivity index (χ3v) is 4.04. The van der Waals surface area contributed by atoms with Gasteiger partial charge in [-0.2, -0.15) is 0 Å². The van der Waals surface area contributed by atoms with E-state index in [-0.39, 0.29) is 23.1 Å². The van der Waals surface area contributed by atoms with Gasteiger partial charge in [-0.3, -0.25) is 15.1 Å². The number of halogens is 2. The normalized spacial score (nSPS) is 10.8. The van der Waals surface area contributed by atoms with Crippen LogP contribution in [0.5, 0.6) is 11.5 Å². The third-order valence-electron chi connectivity index (χ3n) is 3.74. The molecule has 0 saturated heterocycles. The zero-order chi connectivity index (χ0) is 18.4. The summed E-state index contributed by atoms with van der Waals surface area (Å²) in [6.45, 7) is 5.92. The smallest absolute Gasteiger partial charge is 0.271 e. The second kappa shape index (κ2) is 9.99. The molecule has 2 aromatic carbocycles. The van der Waals surface area contributed by atoms with Gasteiger partial charge in [-0.15, -0.1) is 12.4 Å². The molecule has 0 atom stereocenters. The molecule has 0 unspecified atom stereocenters. The Hall–Kier alpha value is -2.31. The highest BCUT2D eigenvalue weighted by Crippen LogP contribution is 2.32. The summed E-state index contributed by atoms with van der Waals surface area (Å²) in [6, 6.07) is 11.6. The summed E-state index contributed by atoms with van der Waals surface area (Å²) in [6.07, 6.45) is 0. The fraction of sp³-hybridized carbons (Fsp3) is 0.278. The second-order valence-corrected chi connectivity index (χ2v) is 5.62. The summed E-state index contributed by atoms with van der Waals surface area (Å²) in [5.74, 6) is 1.88. The Morgan fingerprint density at radius 3 is 2.27 bits per heavy atom. The van der Waals surface area contributed by atoms with Crippen LogP contribution < -0.4 is 4.74 Å². The van der Waals surface area contributed by atoms with Crippen LogP contribution in [0.1, 0.15) is 19.4 Å². The van der Waals surface area contributed by atoms with Gasteiger partial charge < -0.3 is 9.64 Å². The number of amidine groups is 1. The minimum atomic E-state index is -0.497. The van der Waals surface area contributed by atoms with E-state index in [0.717, 1.165) is 24.5 Å². The lowest BCUT2D eigenvalue weighted by Gasteiger charge is -2.23. The molecule has 0 aliphatic carbocycles. The van der Waals surface area contributed by atoms with Gasteiger partial charge >= 0.3 is 0 Å². The van der Waals surface area contributed by atoms with E-state index in [2.05, 4.69) is 23.7 Å². The number of benzene rings is 2. The number of ether oxygens (including phenoxy) is 1. The topological polar surface area (TPSA) is 68.0 Å². The van der Waals surface area contributed by atoms with Gasteiger partial charge in [-0.1, -0.05) is 11.6 Å². The average Bonchev–Trinajstić information content (AvgIpc) is 2.62. The lowest BCUT2D eigenvalue weighted by molar-refractivity contribution is -0.384. The number of nitro benzene ring substituents is 1. The molecule has 0 radical (unpaired) electrons. The van der Waals surface area contributed by atoms with Crippen molar-refractivity contribution in [3.05, 3.63) is 63.2 Å². The van der Waals surface area contributed by atoms with Gasteiger partial charge in [0.25, 0.3) is 5.69 Å². The van der Waals surface area contributed by atoms with Crippen LogP contribution in [0.25, 0.3) is 0 Å². The van der Waals surface area contributed by atoms with Gasteiger partial charge in [-0.05, 0) is 44.2 Å². The van der Waals surface area contributed by atoms with Gasteiger partial charge in [0.2, 0.25) is 0 Å². The van der Waals surface area contributed by atoms with Gasteiger partial charge in [0.05, 0.1) is 9.95 Å². The molecule has 0 bridgehead atoms. The minimum absolute atomic E-state index is 0. The Morgan fingerprint density at radius 2 is 1.81 bits per heavy atom. The van der Waals surface area contributed by atoms with Crippen molar-refractivity contribution in [2.75, 3.05) is 20.1 Å². The van der Waals surface area contributed by atoms with Crippen molar-refractivity contribution in [3.63, 3.8) is 0 Å². The summed E-state index contributed by atoms with van der Waals surface area (Å²) in [5, 5.41) is 10.9. The van der Waals surface area contributed by atoms with Crippen molar-refractivity contribution in [2.24, 2.45) is 4.99 Å². The van der Waals surface area contributed by atoms with E-state index in [0.29, 0.717) is 11.5 Å². The maximum atomic E-state index is 10.7. The molecule has 2 aromatic rings.